The predicted molar refractivity (Wildman–Crippen MR) is 125 cm³/mol. The maximum Gasteiger partial charge on any atom is 0.416 e. The zero-order chi connectivity index (χ0) is 22.0. The first-order valence-electron chi connectivity index (χ1n) is 9.32. The van der Waals surface area contributed by atoms with Crippen molar-refractivity contribution in [2.75, 3.05) is 11.4 Å². The molecule has 0 aliphatic carbocycles. The number of hydrogen-bond donors (Lipinski definition) is 0. The number of rotatable bonds is 6. The summed E-state index contributed by atoms with van der Waals surface area (Å²) in [5, 5.41) is 0.503. The van der Waals surface area contributed by atoms with Crippen molar-refractivity contribution >= 4 is 60.9 Å². The lowest BCUT2D eigenvalue weighted by molar-refractivity contribution is -0.137. The Balaban J connectivity index is 0.00000289. The number of fused-ring (bicyclic) bond motifs is 1. The van der Waals surface area contributed by atoms with Gasteiger partial charge in [0.05, 0.1) is 22.1 Å². The third-order valence-corrected chi connectivity index (χ3v) is 6.17. The standard InChI is InChI=1S/C21H16BrF3N4OS.ClH/c22-16-6-7-17-18(12-16)31-20(27-17)29(10-1-9-28-11-8-26-13-28)19(30)14-2-4-15(5-3-14)21(23,24)25;/h2-8,11-13H,1,9-10H2;1H. The molecule has 0 saturated carbocycles. The first-order valence-corrected chi connectivity index (χ1v) is 10.9. The van der Waals surface area contributed by atoms with Gasteiger partial charge in [-0.2, -0.15) is 13.2 Å². The van der Waals surface area contributed by atoms with Crippen LogP contribution in [-0.2, 0) is 12.7 Å². The molecule has 4 rings (SSSR count). The third kappa shape index (κ3) is 5.48. The van der Waals surface area contributed by atoms with Crippen molar-refractivity contribution in [1.29, 1.82) is 0 Å². The fourth-order valence-corrected chi connectivity index (χ4v) is 4.62. The van der Waals surface area contributed by atoms with Crippen molar-refractivity contribution in [2.24, 2.45) is 0 Å². The van der Waals surface area contributed by atoms with Gasteiger partial charge < -0.3 is 4.57 Å². The van der Waals surface area contributed by atoms with Gasteiger partial charge >= 0.3 is 6.18 Å². The van der Waals surface area contributed by atoms with Crippen molar-refractivity contribution in [3.05, 3.63) is 76.8 Å². The highest BCUT2D eigenvalue weighted by molar-refractivity contribution is 9.10. The number of carbonyl (C=O) groups is 1. The van der Waals surface area contributed by atoms with Crippen LogP contribution in [-0.4, -0.2) is 27.0 Å². The topological polar surface area (TPSA) is 51.0 Å². The van der Waals surface area contributed by atoms with E-state index in [2.05, 4.69) is 25.9 Å². The summed E-state index contributed by atoms with van der Waals surface area (Å²) in [7, 11) is 0. The number of benzene rings is 2. The van der Waals surface area contributed by atoms with Gasteiger partial charge in [-0.3, -0.25) is 9.69 Å². The first kappa shape index (κ1) is 24.2. The summed E-state index contributed by atoms with van der Waals surface area (Å²) >= 11 is 4.79. The molecule has 0 aliphatic heterocycles. The molecule has 168 valence electrons. The van der Waals surface area contributed by atoms with Crippen LogP contribution in [0.15, 0.2) is 65.7 Å². The van der Waals surface area contributed by atoms with E-state index in [4.69, 9.17) is 0 Å². The number of hydrogen-bond acceptors (Lipinski definition) is 4. The maximum absolute atomic E-state index is 13.2. The van der Waals surface area contributed by atoms with Gasteiger partial charge in [-0.1, -0.05) is 27.3 Å². The Morgan fingerprint density at radius 1 is 1.16 bits per heavy atom. The third-order valence-electron chi connectivity index (χ3n) is 4.63. The quantitative estimate of drug-likeness (QED) is 0.280. The summed E-state index contributed by atoms with van der Waals surface area (Å²) in [5.74, 6) is -0.391. The monoisotopic (exact) mass is 544 g/mol. The fourth-order valence-electron chi connectivity index (χ4n) is 3.07. The van der Waals surface area contributed by atoms with E-state index in [1.807, 2.05) is 29.0 Å². The van der Waals surface area contributed by atoms with Crippen LogP contribution in [0.4, 0.5) is 18.3 Å². The highest BCUT2D eigenvalue weighted by atomic mass is 79.9. The molecule has 11 heteroatoms. The molecule has 2 heterocycles. The van der Waals surface area contributed by atoms with E-state index in [9.17, 15) is 18.0 Å². The highest BCUT2D eigenvalue weighted by Crippen LogP contribution is 2.33. The normalized spacial score (nSPS) is 11.4. The van der Waals surface area contributed by atoms with Crippen LogP contribution >= 0.6 is 39.7 Å². The average molecular weight is 546 g/mol. The second-order valence-electron chi connectivity index (χ2n) is 6.79. The summed E-state index contributed by atoms with van der Waals surface area (Å²) in [6, 6.07) is 9.90. The number of aromatic nitrogens is 3. The number of nitrogens with zero attached hydrogens (tertiary/aromatic N) is 4. The van der Waals surface area contributed by atoms with Crippen molar-refractivity contribution in [1.82, 2.24) is 14.5 Å². The summed E-state index contributed by atoms with van der Waals surface area (Å²) < 4.78 is 42.3. The smallest absolute Gasteiger partial charge is 0.337 e. The van der Waals surface area contributed by atoms with Crippen molar-refractivity contribution in [2.45, 2.75) is 19.1 Å². The number of amides is 1. The summed E-state index contributed by atoms with van der Waals surface area (Å²) in [4.78, 5) is 23.3. The average Bonchev–Trinajstić information content (AvgIpc) is 3.39. The molecule has 0 atom stereocenters. The Morgan fingerprint density at radius 3 is 2.56 bits per heavy atom. The number of alkyl halides is 3. The lowest BCUT2D eigenvalue weighted by Crippen LogP contribution is -2.32. The van der Waals surface area contributed by atoms with Gasteiger partial charge in [0, 0.05) is 35.5 Å². The van der Waals surface area contributed by atoms with Crippen LogP contribution in [0, 0.1) is 0 Å². The van der Waals surface area contributed by atoms with E-state index in [0.29, 0.717) is 24.6 Å². The minimum Gasteiger partial charge on any atom is -0.337 e. The van der Waals surface area contributed by atoms with Gasteiger partial charge in [0.15, 0.2) is 5.13 Å². The fraction of sp³-hybridized carbons (Fsp3) is 0.190. The highest BCUT2D eigenvalue weighted by Gasteiger charge is 2.30. The Bertz CT molecular complexity index is 1200. The number of imidazole rings is 1. The van der Waals surface area contributed by atoms with Crippen molar-refractivity contribution < 1.29 is 18.0 Å². The number of thiazole rings is 1. The summed E-state index contributed by atoms with van der Waals surface area (Å²) in [5.41, 5.74) is 0.139. The molecule has 0 N–H and O–H groups in total. The SMILES string of the molecule is Cl.O=C(c1ccc(C(F)(F)F)cc1)N(CCCn1ccnc1)c1nc2ccc(Br)cc2s1. The molecule has 0 radical (unpaired) electrons. The molecular formula is C21H17BrClF3N4OS. The van der Waals surface area contributed by atoms with E-state index in [1.165, 1.54) is 28.4 Å². The second-order valence-corrected chi connectivity index (χ2v) is 8.72. The van der Waals surface area contributed by atoms with Gasteiger partial charge in [0.2, 0.25) is 0 Å². The van der Waals surface area contributed by atoms with Gasteiger partial charge in [-0.05, 0) is 48.9 Å². The van der Waals surface area contributed by atoms with Gasteiger partial charge in [-0.25, -0.2) is 9.97 Å². The molecule has 0 aliphatic rings. The molecule has 0 saturated heterocycles. The van der Waals surface area contributed by atoms with Crippen LogP contribution < -0.4 is 4.90 Å². The van der Waals surface area contributed by atoms with Crippen LogP contribution in [0.5, 0.6) is 0 Å². The Hall–Kier alpha value is -2.43. The van der Waals surface area contributed by atoms with E-state index in [0.717, 1.165) is 26.8 Å². The Labute approximate surface area is 200 Å². The lowest BCUT2D eigenvalue weighted by atomic mass is 10.1. The summed E-state index contributed by atoms with van der Waals surface area (Å²) in [6.45, 7) is 1.01. The van der Waals surface area contributed by atoms with Crippen LogP contribution in [0.1, 0.15) is 22.3 Å². The van der Waals surface area contributed by atoms with E-state index in [1.54, 1.807) is 12.5 Å². The molecule has 4 aromatic rings. The molecule has 0 fully saturated rings. The van der Waals surface area contributed by atoms with Crippen LogP contribution in [0.3, 0.4) is 0 Å². The van der Waals surface area contributed by atoms with Crippen molar-refractivity contribution in [3.63, 3.8) is 0 Å². The maximum atomic E-state index is 13.2. The molecule has 0 unspecified atom stereocenters. The minimum atomic E-state index is -4.45. The lowest BCUT2D eigenvalue weighted by Gasteiger charge is -2.20. The van der Waals surface area contributed by atoms with E-state index < -0.39 is 17.6 Å². The van der Waals surface area contributed by atoms with Crippen LogP contribution in [0.25, 0.3) is 10.2 Å². The molecule has 1 amide bonds. The van der Waals surface area contributed by atoms with E-state index in [-0.39, 0.29) is 18.0 Å². The van der Waals surface area contributed by atoms with Crippen molar-refractivity contribution in [3.8, 4) is 0 Å². The number of halogens is 5. The second kappa shape index (κ2) is 10.0. The number of aryl methyl sites for hydroxylation is 1. The van der Waals surface area contributed by atoms with Gasteiger partial charge in [0.1, 0.15) is 0 Å². The molecule has 2 aromatic heterocycles. The van der Waals surface area contributed by atoms with Crippen LogP contribution in [0.2, 0.25) is 0 Å². The molecule has 2 aromatic carbocycles. The molecule has 32 heavy (non-hydrogen) atoms. The number of anilines is 1. The summed E-state index contributed by atoms with van der Waals surface area (Å²) in [6.07, 6.45) is 1.37. The zero-order valence-corrected chi connectivity index (χ0v) is 19.6. The molecular weight excluding hydrogens is 529 g/mol. The Kier molecular flexibility index (Phi) is 7.58. The number of carbonyl (C=O) groups excluding carboxylic acids is 1. The first-order chi connectivity index (χ1) is 14.8. The molecule has 5 nitrogen and oxygen atoms in total. The molecule has 0 bridgehead atoms. The Morgan fingerprint density at radius 2 is 1.91 bits per heavy atom. The zero-order valence-electron chi connectivity index (χ0n) is 16.4. The predicted octanol–water partition coefficient (Wildman–Crippen LogP) is 6.43. The minimum absolute atomic E-state index is 0. The van der Waals surface area contributed by atoms with E-state index >= 15 is 0 Å². The largest absolute Gasteiger partial charge is 0.416 e. The van der Waals surface area contributed by atoms with Gasteiger partial charge in [-0.15, -0.1) is 12.4 Å². The molecule has 0 spiro atoms. The van der Waals surface area contributed by atoms with Gasteiger partial charge in [0.25, 0.3) is 5.91 Å².